The predicted molar refractivity (Wildman–Crippen MR) is 275 cm³/mol. The van der Waals surface area contributed by atoms with Gasteiger partial charge in [-0.3, -0.25) is 43.3 Å². The van der Waals surface area contributed by atoms with E-state index in [0.717, 1.165) is 71.6 Å². The molecule has 422 valence electrons. The lowest BCUT2D eigenvalue weighted by atomic mass is 9.99. The summed E-state index contributed by atoms with van der Waals surface area (Å²) < 4.78 is 5.60. The molecule has 2 rings (SSSR count). The molecule has 1 aliphatic rings. The zero-order valence-corrected chi connectivity index (χ0v) is 44.1. The number of hydrogen-bond acceptors (Lipinski definition) is 15. The molecule has 8 amide bonds. The van der Waals surface area contributed by atoms with Crippen molar-refractivity contribution in [3.63, 3.8) is 0 Å². The molecular weight excluding hydrogens is 979 g/mol. The Labute approximate surface area is 438 Å². The zero-order valence-electron chi connectivity index (χ0n) is 44.1. The second-order valence-corrected chi connectivity index (χ2v) is 19.6. The van der Waals surface area contributed by atoms with Crippen LogP contribution >= 0.6 is 0 Å². The molecule has 1 heterocycles. The number of aliphatic imine (C=N–C) groups is 1. The number of phenolic OH excluding ortho intramolecular Hbond substituents is 1. The fourth-order valence-corrected chi connectivity index (χ4v) is 8.03. The van der Waals surface area contributed by atoms with Gasteiger partial charge in [-0.05, 0) is 70.6 Å². The van der Waals surface area contributed by atoms with E-state index < -0.39 is 145 Å². The minimum atomic E-state index is -1.84. The molecule has 75 heavy (non-hydrogen) atoms. The Morgan fingerprint density at radius 1 is 0.640 bits per heavy atom. The number of aliphatic hydroxyl groups excluding tert-OH is 3. The first-order valence-corrected chi connectivity index (χ1v) is 25.8. The van der Waals surface area contributed by atoms with Gasteiger partial charge in [-0.1, -0.05) is 83.8 Å². The van der Waals surface area contributed by atoms with Gasteiger partial charge < -0.3 is 79.6 Å². The highest BCUT2D eigenvalue weighted by molar-refractivity contribution is 5.98. The van der Waals surface area contributed by atoms with Crippen molar-refractivity contribution in [2.24, 2.45) is 28.1 Å². The fraction of sp³-hybridized carbons (Fsp3) is 0.680. The lowest BCUT2D eigenvalue weighted by Crippen LogP contribution is -2.64. The molecule has 1 fully saturated rings. The van der Waals surface area contributed by atoms with Crippen LogP contribution in [0.5, 0.6) is 5.75 Å². The molecule has 1 aromatic carbocycles. The molecule has 11 atom stereocenters. The summed E-state index contributed by atoms with van der Waals surface area (Å²) >= 11 is 0. The third kappa shape index (κ3) is 24.5. The number of primary amides is 1. The van der Waals surface area contributed by atoms with Gasteiger partial charge in [-0.15, -0.1) is 0 Å². The average Bonchev–Trinajstić information content (AvgIpc) is 3.32. The number of rotatable bonds is 24. The molecule has 3 unspecified atom stereocenters. The summed E-state index contributed by atoms with van der Waals surface area (Å²) in [5, 5.41) is 59.1. The van der Waals surface area contributed by atoms with E-state index in [2.05, 4.69) is 42.2 Å². The van der Waals surface area contributed by atoms with Crippen molar-refractivity contribution in [1.29, 1.82) is 0 Å². The SMILES string of the molecule is CC(C)C1NC(=O)[C@@H](NC(=O)CC(O)CCCCCCCCCCCCN=C(N)N)[C@@H](C)OC(=O)[C@@H](C)NC(=O)[C@@H](CCC(N)=O)NC(=O)[C@@H]([C@@H](C)O)NC(=O)[C@H]([C@@H](C)O)NC(=O)C(Cc2ccc(O)cc2)NC1=O. The van der Waals surface area contributed by atoms with Crippen molar-refractivity contribution in [1.82, 2.24) is 37.2 Å². The predicted octanol–water partition coefficient (Wildman–Crippen LogP) is -1.71. The summed E-state index contributed by atoms with van der Waals surface area (Å²) in [5.74, 6) is -9.90. The Morgan fingerprint density at radius 2 is 1.12 bits per heavy atom. The summed E-state index contributed by atoms with van der Waals surface area (Å²) in [6.45, 7) is 8.51. The maximum absolute atomic E-state index is 14.3. The first kappa shape index (κ1) is 64.5. The number of phenols is 1. The molecule has 25 nitrogen and oxygen atoms in total. The first-order valence-electron chi connectivity index (χ1n) is 25.8. The Bertz CT molecular complexity index is 2070. The molecule has 1 aromatic rings. The number of aliphatic hydroxyl groups is 3. The first-order chi connectivity index (χ1) is 35.3. The number of esters is 1. The molecule has 1 saturated heterocycles. The van der Waals surface area contributed by atoms with Gasteiger partial charge in [-0.25, -0.2) is 4.79 Å². The fourth-order valence-electron chi connectivity index (χ4n) is 8.03. The summed E-state index contributed by atoms with van der Waals surface area (Å²) in [6.07, 6.45) is 2.49. The van der Waals surface area contributed by atoms with Gasteiger partial charge in [0.1, 0.15) is 54.1 Å². The van der Waals surface area contributed by atoms with Crippen LogP contribution in [0.25, 0.3) is 0 Å². The van der Waals surface area contributed by atoms with E-state index in [4.69, 9.17) is 21.9 Å². The molecule has 1 aliphatic heterocycles. The van der Waals surface area contributed by atoms with Gasteiger partial charge in [-0.2, -0.15) is 0 Å². The van der Waals surface area contributed by atoms with Crippen molar-refractivity contribution in [3.05, 3.63) is 29.8 Å². The minimum Gasteiger partial charge on any atom is -0.508 e. The van der Waals surface area contributed by atoms with Crippen LogP contribution in [0.1, 0.15) is 137 Å². The number of benzene rings is 1. The number of nitrogens with zero attached hydrogens (tertiary/aromatic N) is 1. The number of amides is 8. The maximum atomic E-state index is 14.3. The van der Waals surface area contributed by atoms with Gasteiger partial charge in [0, 0.05) is 19.4 Å². The number of hydrogen-bond donors (Lipinski definition) is 14. The number of nitrogens with one attached hydrogen (secondary N) is 7. The highest BCUT2D eigenvalue weighted by Crippen LogP contribution is 2.16. The molecule has 17 N–H and O–H groups in total. The van der Waals surface area contributed by atoms with Gasteiger partial charge in [0.15, 0.2) is 5.96 Å². The lowest BCUT2D eigenvalue weighted by molar-refractivity contribution is -0.156. The number of nitrogens with two attached hydrogens (primary N) is 3. The van der Waals surface area contributed by atoms with Crippen molar-refractivity contribution in [2.75, 3.05) is 6.54 Å². The van der Waals surface area contributed by atoms with Gasteiger partial charge in [0.2, 0.25) is 47.3 Å². The smallest absolute Gasteiger partial charge is 0.328 e. The molecule has 25 heteroatoms. The van der Waals surface area contributed by atoms with Crippen molar-refractivity contribution < 1.29 is 68.3 Å². The Morgan fingerprint density at radius 3 is 1.65 bits per heavy atom. The molecule has 0 spiro atoms. The van der Waals surface area contributed by atoms with Crippen molar-refractivity contribution >= 4 is 59.2 Å². The van der Waals surface area contributed by atoms with Crippen LogP contribution in [0.2, 0.25) is 0 Å². The van der Waals surface area contributed by atoms with E-state index in [1.807, 2.05) is 0 Å². The van der Waals surface area contributed by atoms with Gasteiger partial charge in [0.25, 0.3) is 0 Å². The second kappa shape index (κ2) is 33.3. The third-order valence-corrected chi connectivity index (χ3v) is 12.4. The van der Waals surface area contributed by atoms with E-state index in [1.54, 1.807) is 13.8 Å². The van der Waals surface area contributed by atoms with Crippen molar-refractivity contribution in [2.45, 2.75) is 205 Å². The van der Waals surface area contributed by atoms with E-state index in [1.165, 1.54) is 38.1 Å². The van der Waals surface area contributed by atoms with Crippen LogP contribution in [0.15, 0.2) is 29.3 Å². The highest BCUT2D eigenvalue weighted by atomic mass is 16.5. The zero-order chi connectivity index (χ0) is 56.4. The third-order valence-electron chi connectivity index (χ3n) is 12.4. The average molecular weight is 1060 g/mol. The number of carbonyl (C=O) groups excluding carboxylic acids is 9. The van der Waals surface area contributed by atoms with Crippen LogP contribution in [0, 0.1) is 5.92 Å². The highest BCUT2D eigenvalue weighted by Gasteiger charge is 2.39. The van der Waals surface area contributed by atoms with Crippen LogP contribution in [-0.4, -0.2) is 153 Å². The number of aromatic hydroxyl groups is 1. The van der Waals surface area contributed by atoms with Gasteiger partial charge >= 0.3 is 5.97 Å². The Hall–Kier alpha value is -6.60. The summed E-state index contributed by atoms with van der Waals surface area (Å²) in [5.41, 5.74) is 16.4. The molecule has 0 bridgehead atoms. The normalized spacial score (nSPS) is 24.0. The van der Waals surface area contributed by atoms with E-state index in [9.17, 15) is 63.6 Å². The van der Waals surface area contributed by atoms with E-state index in [0.29, 0.717) is 18.5 Å². The Kier molecular flexibility index (Phi) is 28.7. The number of ether oxygens (including phenoxy) is 1. The molecular formula is C50H83N11O14. The summed E-state index contributed by atoms with van der Waals surface area (Å²) in [4.78, 5) is 127. The van der Waals surface area contributed by atoms with Crippen LogP contribution < -0.4 is 54.4 Å². The topological polar surface area (TPSA) is 418 Å². The molecule has 0 radical (unpaired) electrons. The van der Waals surface area contributed by atoms with E-state index in [-0.39, 0.29) is 24.6 Å². The largest absolute Gasteiger partial charge is 0.508 e. The number of guanidine groups is 1. The minimum absolute atomic E-state index is 0.0959. The molecule has 0 aromatic heterocycles. The van der Waals surface area contributed by atoms with Crippen LogP contribution in [-0.2, 0) is 54.3 Å². The quantitative estimate of drug-likeness (QED) is 0.0237. The standard InChI is InChI=1S/C50H83N11O14/c1-27(2)39-45(70)57-36(25-32-18-20-33(64)21-19-32)44(69)60-41(30(5)63)47(72)61-40(29(4)62)46(71)56-35(22-23-37(51)66)43(68)55-28(3)49(74)75-31(6)42(48(73)59-39)58-38(67)26-34(65)17-15-13-11-9-7-8-10-12-14-16-24-54-50(52)53/h18-21,27-31,34-36,39-42,62-65H,7-17,22-26H2,1-6H3,(H2,51,66)(H,55,68)(H,56,71)(H,57,70)(H,58,67)(H,59,73)(H,60,69)(H,61,72)(H4,52,53,54)/t28-,29-,30-,31-,34?,35-,36?,39?,40-,41+,42+/m1/s1. The van der Waals surface area contributed by atoms with Gasteiger partial charge in [0.05, 0.1) is 24.7 Å². The summed E-state index contributed by atoms with van der Waals surface area (Å²) in [7, 11) is 0. The monoisotopic (exact) mass is 1060 g/mol. The Balaban J connectivity index is 2.46. The maximum Gasteiger partial charge on any atom is 0.328 e. The number of carbonyl (C=O) groups is 9. The lowest BCUT2D eigenvalue weighted by Gasteiger charge is -2.31. The summed E-state index contributed by atoms with van der Waals surface area (Å²) in [6, 6.07) is -5.94. The van der Waals surface area contributed by atoms with E-state index >= 15 is 0 Å². The molecule has 0 aliphatic carbocycles. The van der Waals surface area contributed by atoms with Crippen molar-refractivity contribution in [3.8, 4) is 5.75 Å². The van der Waals surface area contributed by atoms with Crippen LogP contribution in [0.3, 0.4) is 0 Å². The number of unbranched alkanes of at least 4 members (excludes halogenated alkanes) is 9. The molecule has 0 saturated carbocycles. The second-order valence-electron chi connectivity index (χ2n) is 19.6. The van der Waals surface area contributed by atoms with Crippen LogP contribution in [0.4, 0.5) is 0 Å². The number of cyclic esters (lactones) is 1.